The van der Waals surface area contributed by atoms with Crippen LogP contribution in [0.4, 0.5) is 0 Å². The minimum absolute atomic E-state index is 0.00577. The highest BCUT2D eigenvalue weighted by molar-refractivity contribution is 5.89. The number of fused-ring (bicyclic) bond motifs is 2. The molecule has 4 aromatic rings. The van der Waals surface area contributed by atoms with Crippen molar-refractivity contribution in [2.24, 2.45) is 11.3 Å². The lowest BCUT2D eigenvalue weighted by atomic mass is 9.95. The van der Waals surface area contributed by atoms with Crippen molar-refractivity contribution >= 4 is 28.8 Å². The van der Waals surface area contributed by atoms with Crippen molar-refractivity contribution < 1.29 is 20.1 Å². The zero-order valence-electron chi connectivity index (χ0n) is 20.0. The van der Waals surface area contributed by atoms with E-state index in [1.807, 2.05) is 48.5 Å². The van der Waals surface area contributed by atoms with Crippen molar-refractivity contribution in [2.45, 2.75) is 31.6 Å². The molecule has 2 saturated carbocycles. The zero-order chi connectivity index (χ0) is 25.7. The van der Waals surface area contributed by atoms with Gasteiger partial charge >= 0.3 is 0 Å². The molecular weight excluding hydrogens is 468 g/mol. The van der Waals surface area contributed by atoms with Crippen molar-refractivity contribution in [1.29, 1.82) is 0 Å². The minimum Gasteiger partial charge on any atom is -0.507 e. The number of nitrogens with zero attached hydrogens (tertiary/aromatic N) is 4. The molecule has 37 heavy (non-hydrogen) atoms. The van der Waals surface area contributed by atoms with Crippen LogP contribution in [0, 0.1) is 23.2 Å². The van der Waals surface area contributed by atoms with Crippen molar-refractivity contribution in [1.82, 2.24) is 19.5 Å². The Morgan fingerprint density at radius 1 is 1.05 bits per heavy atom. The normalized spacial score (nSPS) is 26.4. The number of ketones is 1. The maximum atomic E-state index is 12.4. The molecule has 8 nitrogen and oxygen atoms in total. The molecule has 0 bridgehead atoms. The molecule has 2 aromatic carbocycles. The van der Waals surface area contributed by atoms with Crippen LogP contribution < -0.4 is 0 Å². The molecule has 3 N–H and O–H groups in total. The Labute approximate surface area is 213 Å². The number of hydrogen-bond donors (Lipinski definition) is 3. The van der Waals surface area contributed by atoms with Crippen LogP contribution in [0.5, 0.6) is 0 Å². The van der Waals surface area contributed by atoms with E-state index in [2.05, 4.69) is 26.8 Å². The molecule has 2 aliphatic carbocycles. The van der Waals surface area contributed by atoms with Gasteiger partial charge in [0.15, 0.2) is 5.65 Å². The van der Waals surface area contributed by atoms with Gasteiger partial charge in [0.2, 0.25) is 5.82 Å². The van der Waals surface area contributed by atoms with E-state index in [4.69, 9.17) is 0 Å². The van der Waals surface area contributed by atoms with Gasteiger partial charge in [-0.05, 0) is 37.3 Å². The van der Waals surface area contributed by atoms with Crippen LogP contribution in [0.15, 0.2) is 67.0 Å². The fraction of sp³-hybridized carbons (Fsp3) is 0.241. The summed E-state index contributed by atoms with van der Waals surface area (Å²) < 4.78 is 1.71. The first-order chi connectivity index (χ1) is 17.9. The van der Waals surface area contributed by atoms with Crippen LogP contribution in [0.1, 0.15) is 42.0 Å². The van der Waals surface area contributed by atoms with Crippen LogP contribution in [0.3, 0.4) is 0 Å². The van der Waals surface area contributed by atoms with Gasteiger partial charge in [-0.3, -0.25) is 4.79 Å². The Bertz CT molecular complexity index is 1600. The summed E-state index contributed by atoms with van der Waals surface area (Å²) in [6.07, 6.45) is 1.25. The lowest BCUT2D eigenvalue weighted by Gasteiger charge is -2.23. The van der Waals surface area contributed by atoms with Crippen molar-refractivity contribution in [2.75, 3.05) is 0 Å². The number of carbonyl (C=O) groups is 1. The molecule has 2 heterocycles. The topological polar surface area (TPSA) is 121 Å². The van der Waals surface area contributed by atoms with Crippen LogP contribution >= 0.6 is 0 Å². The Balaban J connectivity index is 1.49. The van der Waals surface area contributed by atoms with Gasteiger partial charge in [0, 0.05) is 17.2 Å². The van der Waals surface area contributed by atoms with Gasteiger partial charge in [0.25, 0.3) is 0 Å². The minimum atomic E-state index is -1.15. The monoisotopic (exact) mass is 492 g/mol. The lowest BCUT2D eigenvalue weighted by molar-refractivity contribution is -0.128. The summed E-state index contributed by atoms with van der Waals surface area (Å²) in [5, 5.41) is 32.4. The Hall–Kier alpha value is -4.32. The van der Waals surface area contributed by atoms with E-state index in [-0.39, 0.29) is 23.3 Å². The molecule has 0 saturated heterocycles. The molecule has 0 aliphatic heterocycles. The quantitative estimate of drug-likeness (QED) is 0.296. The number of imidazole rings is 1. The number of carbonyl (C=O) groups excluding carboxylic acids is 1. The van der Waals surface area contributed by atoms with E-state index >= 15 is 0 Å². The van der Waals surface area contributed by atoms with E-state index in [1.54, 1.807) is 23.0 Å². The van der Waals surface area contributed by atoms with E-state index < -0.39 is 23.7 Å². The average molecular weight is 493 g/mol. The van der Waals surface area contributed by atoms with E-state index in [1.165, 1.54) is 13.0 Å². The van der Waals surface area contributed by atoms with Gasteiger partial charge in [-0.1, -0.05) is 54.5 Å². The summed E-state index contributed by atoms with van der Waals surface area (Å²) in [4.78, 5) is 26.1. The lowest BCUT2D eigenvalue weighted by Crippen LogP contribution is -2.36. The summed E-state index contributed by atoms with van der Waals surface area (Å²) in [6.45, 7) is 1.46. The molecule has 2 fully saturated rings. The average Bonchev–Trinajstić information content (AvgIpc) is 3.46. The molecule has 5 atom stereocenters. The van der Waals surface area contributed by atoms with Crippen LogP contribution in [-0.2, 0) is 4.79 Å². The first kappa shape index (κ1) is 23.1. The predicted molar refractivity (Wildman–Crippen MR) is 137 cm³/mol. The molecule has 2 aliphatic rings. The molecule has 0 amide bonds. The number of aliphatic hydroxyl groups excluding tert-OH is 3. The fourth-order valence-electron chi connectivity index (χ4n) is 5.56. The van der Waals surface area contributed by atoms with Gasteiger partial charge in [0.1, 0.15) is 23.2 Å². The smallest absolute Gasteiger partial charge is 0.207 e. The molecule has 2 unspecified atom stereocenters. The van der Waals surface area contributed by atoms with Crippen LogP contribution in [-0.4, -0.2) is 52.8 Å². The van der Waals surface area contributed by atoms with E-state index in [9.17, 15) is 20.1 Å². The first-order valence-corrected chi connectivity index (χ1v) is 12.0. The molecule has 184 valence electrons. The second-order valence-corrected chi connectivity index (χ2v) is 9.60. The van der Waals surface area contributed by atoms with Crippen molar-refractivity contribution in [3.63, 3.8) is 0 Å². The summed E-state index contributed by atoms with van der Waals surface area (Å²) in [5.74, 6) is 5.91. The fourth-order valence-corrected chi connectivity index (χ4v) is 5.56. The standard InChI is InChI=1S/C29H24N4O4/c1-17(34)29-15-20(29)25(26(36)27(29)37)33-16-30-24-21(14-22(35)19-10-6-3-7-11-19)31-23(32-28(24)33)13-12-18-8-4-2-5-9-18/h2-11,14,16,20,25-27,35-37H,15H2,1H3/b22-14-/t20?,25-,26+,27?,29+/m1/s1. The molecule has 2 aromatic heterocycles. The SMILES string of the molecule is CC(=O)[C@@]12CC1[C@@H](n1cnc3c(/C=C(\O)c4ccccc4)nc(C#Cc4ccccc4)nc31)[C@H](O)C2O. The maximum absolute atomic E-state index is 12.4. The molecular formula is C29H24N4O4. The van der Waals surface area contributed by atoms with E-state index in [0.717, 1.165) is 5.56 Å². The number of Topliss-reactive ketones (excluding diaryl/α,β-unsaturated/α-hetero) is 1. The first-order valence-electron chi connectivity index (χ1n) is 12.0. The Morgan fingerprint density at radius 3 is 2.43 bits per heavy atom. The van der Waals surface area contributed by atoms with Gasteiger partial charge < -0.3 is 19.9 Å². The predicted octanol–water partition coefficient (Wildman–Crippen LogP) is 3.15. The summed E-state index contributed by atoms with van der Waals surface area (Å²) in [5.41, 5.74) is 1.66. The molecule has 6 rings (SSSR count). The number of hydrogen-bond acceptors (Lipinski definition) is 7. The van der Waals surface area contributed by atoms with E-state index in [0.29, 0.717) is 28.8 Å². The summed E-state index contributed by atoms with van der Waals surface area (Å²) in [6, 6.07) is 17.9. The maximum Gasteiger partial charge on any atom is 0.207 e. The third-order valence-electron chi connectivity index (χ3n) is 7.53. The number of rotatable bonds is 4. The van der Waals surface area contributed by atoms with Crippen molar-refractivity contribution in [3.05, 3.63) is 89.6 Å². The highest BCUT2D eigenvalue weighted by Crippen LogP contribution is 2.68. The number of aliphatic hydroxyl groups is 3. The second-order valence-electron chi connectivity index (χ2n) is 9.60. The highest BCUT2D eigenvalue weighted by atomic mass is 16.3. The number of aromatic nitrogens is 4. The second kappa shape index (κ2) is 8.66. The number of benzene rings is 2. The largest absolute Gasteiger partial charge is 0.507 e. The zero-order valence-corrected chi connectivity index (χ0v) is 20.0. The summed E-state index contributed by atoms with van der Waals surface area (Å²) in [7, 11) is 0. The third-order valence-corrected chi connectivity index (χ3v) is 7.53. The molecule has 0 radical (unpaired) electrons. The van der Waals surface area contributed by atoms with Gasteiger partial charge in [-0.2, -0.15) is 0 Å². The van der Waals surface area contributed by atoms with Gasteiger partial charge in [-0.25, -0.2) is 15.0 Å². The molecule has 8 heteroatoms. The van der Waals surface area contributed by atoms with Gasteiger partial charge in [0.05, 0.1) is 29.6 Å². The van der Waals surface area contributed by atoms with Crippen LogP contribution in [0.25, 0.3) is 23.0 Å². The highest BCUT2D eigenvalue weighted by Gasteiger charge is 2.74. The third kappa shape index (κ3) is 3.71. The summed E-state index contributed by atoms with van der Waals surface area (Å²) >= 11 is 0. The van der Waals surface area contributed by atoms with Gasteiger partial charge in [-0.15, -0.1) is 0 Å². The van der Waals surface area contributed by atoms with Crippen LogP contribution in [0.2, 0.25) is 0 Å². The Kier molecular flexibility index (Phi) is 5.41. The Morgan fingerprint density at radius 2 is 1.76 bits per heavy atom. The molecule has 0 spiro atoms. The van der Waals surface area contributed by atoms with Crippen molar-refractivity contribution in [3.8, 4) is 11.8 Å².